The molecule has 126 valence electrons. The van der Waals surface area contributed by atoms with Crippen LogP contribution >= 0.6 is 0 Å². The lowest BCUT2D eigenvalue weighted by molar-refractivity contribution is 0.102. The highest BCUT2D eigenvalue weighted by Gasteiger charge is 2.11. The van der Waals surface area contributed by atoms with Gasteiger partial charge in [-0.15, -0.1) is 0 Å². The molecule has 0 spiro atoms. The predicted octanol–water partition coefficient (Wildman–Crippen LogP) is 4.23. The maximum Gasteiger partial charge on any atom is 0.274 e. The van der Waals surface area contributed by atoms with E-state index >= 15 is 0 Å². The van der Waals surface area contributed by atoms with Crippen molar-refractivity contribution in [3.63, 3.8) is 0 Å². The topological polar surface area (TPSA) is 66.9 Å². The van der Waals surface area contributed by atoms with Gasteiger partial charge in [0, 0.05) is 17.4 Å². The third-order valence-corrected chi connectivity index (χ3v) is 3.64. The third kappa shape index (κ3) is 4.17. The molecule has 3 rings (SSSR count). The molecule has 0 saturated heterocycles. The Morgan fingerprint density at radius 3 is 2.68 bits per heavy atom. The minimum atomic E-state index is -0.355. The van der Waals surface area contributed by atoms with E-state index in [0.717, 1.165) is 16.8 Å². The van der Waals surface area contributed by atoms with E-state index in [1.54, 1.807) is 12.1 Å². The Morgan fingerprint density at radius 2 is 1.88 bits per heavy atom. The monoisotopic (exact) mass is 336 g/mol. The van der Waals surface area contributed by atoms with Crippen molar-refractivity contribution in [2.24, 2.45) is 0 Å². The summed E-state index contributed by atoms with van der Waals surface area (Å²) in [6.07, 6.45) is 1.29. The van der Waals surface area contributed by atoms with Gasteiger partial charge in [-0.3, -0.25) is 4.79 Å². The number of benzene rings is 2. The van der Waals surface area contributed by atoms with Crippen LogP contribution in [-0.2, 0) is 0 Å². The van der Waals surface area contributed by atoms with Gasteiger partial charge in [-0.2, -0.15) is 0 Å². The lowest BCUT2D eigenvalue weighted by atomic mass is 10.1. The summed E-state index contributed by atoms with van der Waals surface area (Å²) in [5.74, 6) is -0.281. The summed E-state index contributed by atoms with van der Waals surface area (Å²) in [4.78, 5) is 20.5. The van der Waals surface area contributed by atoms with Crippen molar-refractivity contribution in [1.29, 1.82) is 0 Å². The van der Waals surface area contributed by atoms with Gasteiger partial charge in [-0.25, -0.2) is 14.4 Å². The van der Waals surface area contributed by atoms with Crippen LogP contribution in [0, 0.1) is 19.7 Å². The van der Waals surface area contributed by atoms with Crippen molar-refractivity contribution < 1.29 is 9.18 Å². The molecule has 6 heteroatoms. The molecule has 0 aliphatic heterocycles. The zero-order valence-corrected chi connectivity index (χ0v) is 13.9. The number of aryl methyl sites for hydroxylation is 2. The first kappa shape index (κ1) is 16.6. The number of rotatable bonds is 4. The molecule has 5 nitrogen and oxygen atoms in total. The summed E-state index contributed by atoms with van der Waals surface area (Å²) in [5, 5.41) is 5.80. The number of anilines is 3. The van der Waals surface area contributed by atoms with Gasteiger partial charge in [0.05, 0.1) is 0 Å². The lowest BCUT2D eigenvalue weighted by Gasteiger charge is -2.10. The molecule has 3 aromatic rings. The van der Waals surface area contributed by atoms with Crippen molar-refractivity contribution in [3.05, 3.63) is 77.5 Å². The summed E-state index contributed by atoms with van der Waals surface area (Å²) < 4.78 is 13.3. The summed E-state index contributed by atoms with van der Waals surface area (Å²) in [6, 6.07) is 13.4. The summed E-state index contributed by atoms with van der Waals surface area (Å²) >= 11 is 0. The average molecular weight is 336 g/mol. The first-order valence-corrected chi connectivity index (χ1v) is 7.74. The van der Waals surface area contributed by atoms with Crippen LogP contribution in [0.1, 0.15) is 21.6 Å². The predicted molar refractivity (Wildman–Crippen MR) is 95.6 cm³/mol. The molecule has 0 bridgehead atoms. The number of halogens is 1. The molecular formula is C19H17FN4O. The quantitative estimate of drug-likeness (QED) is 0.748. The standard InChI is InChI=1S/C19H17FN4O/c1-12-6-7-13(2)16(8-12)24-19(25)17-10-18(22-11-21-17)23-15-5-3-4-14(20)9-15/h3-11H,1-2H3,(H,24,25)(H,21,22,23). The van der Waals surface area contributed by atoms with E-state index in [1.807, 2.05) is 32.0 Å². The van der Waals surface area contributed by atoms with Crippen LogP contribution in [0.2, 0.25) is 0 Å². The fraction of sp³-hybridized carbons (Fsp3) is 0.105. The molecule has 0 aliphatic rings. The van der Waals surface area contributed by atoms with E-state index in [9.17, 15) is 9.18 Å². The van der Waals surface area contributed by atoms with Crippen LogP contribution in [0.3, 0.4) is 0 Å². The molecule has 0 unspecified atom stereocenters. The Morgan fingerprint density at radius 1 is 1.04 bits per heavy atom. The van der Waals surface area contributed by atoms with Gasteiger partial charge in [-0.05, 0) is 49.2 Å². The maximum absolute atomic E-state index is 13.3. The second-order valence-electron chi connectivity index (χ2n) is 5.70. The van der Waals surface area contributed by atoms with Crippen molar-refractivity contribution in [3.8, 4) is 0 Å². The largest absolute Gasteiger partial charge is 0.340 e. The minimum Gasteiger partial charge on any atom is -0.340 e. The van der Waals surface area contributed by atoms with Crippen LogP contribution in [0.4, 0.5) is 21.6 Å². The molecule has 25 heavy (non-hydrogen) atoms. The maximum atomic E-state index is 13.3. The van der Waals surface area contributed by atoms with E-state index in [-0.39, 0.29) is 17.4 Å². The molecule has 0 radical (unpaired) electrons. The molecular weight excluding hydrogens is 319 g/mol. The van der Waals surface area contributed by atoms with Gasteiger partial charge in [0.1, 0.15) is 23.7 Å². The van der Waals surface area contributed by atoms with Crippen LogP contribution in [0.5, 0.6) is 0 Å². The minimum absolute atomic E-state index is 0.217. The van der Waals surface area contributed by atoms with Gasteiger partial charge in [0.2, 0.25) is 0 Å². The average Bonchev–Trinajstić information content (AvgIpc) is 2.58. The Bertz CT molecular complexity index is 927. The molecule has 2 aromatic carbocycles. The fourth-order valence-electron chi connectivity index (χ4n) is 2.32. The Balaban J connectivity index is 1.78. The number of amides is 1. The SMILES string of the molecule is Cc1ccc(C)c(NC(=O)c2cc(Nc3cccc(F)c3)ncn2)c1. The van der Waals surface area contributed by atoms with Gasteiger partial charge in [-0.1, -0.05) is 18.2 Å². The molecule has 2 N–H and O–H groups in total. The second kappa shape index (κ2) is 7.09. The van der Waals surface area contributed by atoms with Gasteiger partial charge in [0.25, 0.3) is 5.91 Å². The highest BCUT2D eigenvalue weighted by Crippen LogP contribution is 2.19. The number of aromatic nitrogens is 2. The van der Waals surface area contributed by atoms with Crippen molar-refractivity contribution >= 4 is 23.1 Å². The van der Waals surface area contributed by atoms with E-state index in [4.69, 9.17) is 0 Å². The van der Waals surface area contributed by atoms with Gasteiger partial charge < -0.3 is 10.6 Å². The number of nitrogens with one attached hydrogen (secondary N) is 2. The van der Waals surface area contributed by atoms with Gasteiger partial charge >= 0.3 is 0 Å². The molecule has 1 heterocycles. The van der Waals surface area contributed by atoms with Crippen LogP contribution < -0.4 is 10.6 Å². The fourth-order valence-corrected chi connectivity index (χ4v) is 2.32. The van der Waals surface area contributed by atoms with Crippen LogP contribution in [0.15, 0.2) is 54.9 Å². The normalized spacial score (nSPS) is 10.4. The molecule has 0 saturated carbocycles. The number of hydrogen-bond donors (Lipinski definition) is 2. The van der Waals surface area contributed by atoms with E-state index < -0.39 is 0 Å². The molecule has 0 fully saturated rings. The zero-order chi connectivity index (χ0) is 17.8. The summed E-state index contributed by atoms with van der Waals surface area (Å²) in [5.41, 5.74) is 3.51. The first-order chi connectivity index (χ1) is 12.0. The second-order valence-corrected chi connectivity index (χ2v) is 5.70. The number of carbonyl (C=O) groups is 1. The Hall–Kier alpha value is -3.28. The van der Waals surface area contributed by atoms with E-state index in [0.29, 0.717) is 11.5 Å². The summed E-state index contributed by atoms with van der Waals surface area (Å²) in [6.45, 7) is 3.88. The Kier molecular flexibility index (Phi) is 4.70. The van der Waals surface area contributed by atoms with Crippen LogP contribution in [0.25, 0.3) is 0 Å². The molecule has 1 amide bonds. The third-order valence-electron chi connectivity index (χ3n) is 3.64. The van der Waals surface area contributed by atoms with Crippen molar-refractivity contribution in [1.82, 2.24) is 9.97 Å². The van der Waals surface area contributed by atoms with E-state index in [2.05, 4.69) is 20.6 Å². The molecule has 0 atom stereocenters. The zero-order valence-electron chi connectivity index (χ0n) is 13.9. The van der Waals surface area contributed by atoms with Crippen LogP contribution in [-0.4, -0.2) is 15.9 Å². The smallest absolute Gasteiger partial charge is 0.274 e. The molecule has 0 aliphatic carbocycles. The number of hydrogen-bond acceptors (Lipinski definition) is 4. The van der Waals surface area contributed by atoms with Crippen molar-refractivity contribution in [2.45, 2.75) is 13.8 Å². The highest BCUT2D eigenvalue weighted by molar-refractivity contribution is 6.03. The lowest BCUT2D eigenvalue weighted by Crippen LogP contribution is -2.15. The Labute approximate surface area is 145 Å². The highest BCUT2D eigenvalue weighted by atomic mass is 19.1. The van der Waals surface area contributed by atoms with E-state index in [1.165, 1.54) is 24.5 Å². The first-order valence-electron chi connectivity index (χ1n) is 7.74. The molecule has 1 aromatic heterocycles. The van der Waals surface area contributed by atoms with Crippen molar-refractivity contribution in [2.75, 3.05) is 10.6 Å². The number of carbonyl (C=O) groups excluding carboxylic acids is 1. The van der Waals surface area contributed by atoms with Gasteiger partial charge in [0.15, 0.2) is 0 Å². The summed E-state index contributed by atoms with van der Waals surface area (Å²) in [7, 11) is 0. The number of nitrogens with zero attached hydrogens (tertiary/aromatic N) is 2.